The van der Waals surface area contributed by atoms with Crippen LogP contribution in [-0.2, 0) is 33.5 Å². The minimum atomic E-state index is -1.33. The van der Waals surface area contributed by atoms with E-state index in [1.165, 1.54) is 14.0 Å². The Labute approximate surface area is 267 Å². The average Bonchev–Trinajstić information content (AvgIpc) is 3.40. The highest BCUT2D eigenvalue weighted by molar-refractivity contribution is 5.94. The molecule has 0 radical (unpaired) electrons. The Morgan fingerprint density at radius 1 is 0.911 bits per heavy atom. The molecule has 1 fully saturated rings. The highest BCUT2D eigenvalue weighted by Gasteiger charge is 2.37. The maximum atomic E-state index is 13.4. The number of rotatable bonds is 19. The molecule has 0 spiro atoms. The maximum absolute atomic E-state index is 13.4. The van der Waals surface area contributed by atoms with Gasteiger partial charge in [0.2, 0.25) is 29.5 Å². The summed E-state index contributed by atoms with van der Waals surface area (Å²) < 4.78 is 4.89. The summed E-state index contributed by atoms with van der Waals surface area (Å²) in [7, 11) is 1.28. The molecule has 0 aromatic carbocycles. The molecule has 0 unspecified atom stereocenters. The normalized spacial score (nSPS) is 19.1. The number of β-amino-alcohol motifs (C(OH)–C–C–N with tert-alkyl or cyclic N) is 1. The van der Waals surface area contributed by atoms with Crippen LogP contribution in [0.5, 0.6) is 0 Å². The van der Waals surface area contributed by atoms with E-state index in [4.69, 9.17) is 10.5 Å². The lowest BCUT2D eigenvalue weighted by Gasteiger charge is -2.33. The predicted octanol–water partition coefficient (Wildman–Crippen LogP) is -0.0425. The van der Waals surface area contributed by atoms with Gasteiger partial charge in [-0.2, -0.15) is 0 Å². The predicted molar refractivity (Wildman–Crippen MR) is 168 cm³/mol. The molecular weight excluding hydrogens is 584 g/mol. The largest absolute Gasteiger partial charge is 0.467 e. The van der Waals surface area contributed by atoms with Gasteiger partial charge in [0.1, 0.15) is 18.1 Å². The van der Waals surface area contributed by atoms with Crippen LogP contribution in [0.2, 0.25) is 0 Å². The van der Waals surface area contributed by atoms with Gasteiger partial charge in [0.15, 0.2) is 0 Å². The molecule has 7 N–H and O–H groups in total. The first-order chi connectivity index (χ1) is 21.0. The first-order valence-corrected chi connectivity index (χ1v) is 16.0. The summed E-state index contributed by atoms with van der Waals surface area (Å²) in [6, 6.07) is -4.41. The Morgan fingerprint density at radius 3 is 2.02 bits per heavy atom. The van der Waals surface area contributed by atoms with Crippen LogP contribution in [0.4, 0.5) is 0 Å². The van der Waals surface area contributed by atoms with Gasteiger partial charge in [-0.1, -0.05) is 48.0 Å². The van der Waals surface area contributed by atoms with Crippen LogP contribution in [0.3, 0.4) is 0 Å². The smallest absolute Gasteiger partial charge is 0.328 e. The van der Waals surface area contributed by atoms with E-state index in [1.54, 1.807) is 0 Å². The second-order valence-electron chi connectivity index (χ2n) is 13.0. The number of nitrogens with two attached hydrogens (primary N) is 1. The summed E-state index contributed by atoms with van der Waals surface area (Å²) in [5, 5.41) is 22.1. The zero-order chi connectivity index (χ0) is 34.4. The van der Waals surface area contributed by atoms with Crippen LogP contribution in [-0.4, -0.2) is 102 Å². The summed E-state index contributed by atoms with van der Waals surface area (Å²) >= 11 is 0. The topological polar surface area (TPSA) is 209 Å². The van der Waals surface area contributed by atoms with Crippen LogP contribution in [0.1, 0.15) is 87.0 Å². The van der Waals surface area contributed by atoms with E-state index in [1.807, 2.05) is 46.4 Å². The summed E-state index contributed by atoms with van der Waals surface area (Å²) in [6.07, 6.45) is 0.995. The summed E-state index contributed by atoms with van der Waals surface area (Å²) in [4.78, 5) is 77.5. The molecule has 0 aliphatic carbocycles. The number of carbonyl (C=O) groups excluding carboxylic acids is 6. The fourth-order valence-electron chi connectivity index (χ4n) is 5.49. The van der Waals surface area contributed by atoms with E-state index < -0.39 is 72.3 Å². The average molecular weight is 641 g/mol. The van der Waals surface area contributed by atoms with E-state index in [2.05, 4.69) is 21.3 Å². The highest BCUT2D eigenvalue weighted by Crippen LogP contribution is 2.21. The van der Waals surface area contributed by atoms with E-state index in [-0.39, 0.29) is 30.2 Å². The van der Waals surface area contributed by atoms with Gasteiger partial charge in [-0.15, -0.1) is 0 Å². The molecule has 1 rings (SSSR count). The van der Waals surface area contributed by atoms with Crippen molar-refractivity contribution < 1.29 is 38.6 Å². The van der Waals surface area contributed by atoms with Gasteiger partial charge in [0.05, 0.1) is 31.7 Å². The third-order valence-electron chi connectivity index (χ3n) is 8.01. The van der Waals surface area contributed by atoms with E-state index in [0.717, 1.165) is 0 Å². The van der Waals surface area contributed by atoms with Crippen LogP contribution in [0, 0.1) is 17.8 Å². The van der Waals surface area contributed by atoms with Crippen molar-refractivity contribution >= 4 is 35.5 Å². The Bertz CT molecular complexity index is 1020. The summed E-state index contributed by atoms with van der Waals surface area (Å²) in [5.41, 5.74) is 5.39. The minimum absolute atomic E-state index is 0.0540. The molecule has 1 aliphatic heterocycles. The van der Waals surface area contributed by atoms with E-state index in [0.29, 0.717) is 38.6 Å². The molecule has 0 aromatic rings. The number of nitrogens with zero attached hydrogens (tertiary/aromatic N) is 1. The van der Waals surface area contributed by atoms with Gasteiger partial charge in [-0.05, 0) is 50.0 Å². The fraction of sp³-hybridized carbons (Fsp3) is 0.806. The van der Waals surface area contributed by atoms with Crippen LogP contribution in [0.25, 0.3) is 0 Å². The molecule has 5 amide bonds. The molecular formula is C31H56N6O8. The number of esters is 1. The Morgan fingerprint density at radius 2 is 1.51 bits per heavy atom. The molecule has 1 aliphatic rings. The van der Waals surface area contributed by atoms with Crippen LogP contribution >= 0.6 is 0 Å². The van der Waals surface area contributed by atoms with Gasteiger partial charge in [-0.25, -0.2) is 4.79 Å². The van der Waals surface area contributed by atoms with Crippen molar-refractivity contribution in [3.05, 3.63) is 0 Å². The molecule has 0 saturated carbocycles. The SMILES string of the molecule is CC[C@H](C)[C@H](NC(=O)[C@@H]1CCCN1C[C@H](O)[C@H](CC(C)C)NC(=O)[C@H](CC(N)=O)NC(=O)[C@H](CC(C)C)NC(C)=O)C(=O)OC. The van der Waals surface area contributed by atoms with E-state index >= 15 is 0 Å². The second kappa shape index (κ2) is 19.3. The highest BCUT2D eigenvalue weighted by atomic mass is 16.5. The number of aliphatic hydroxyl groups excluding tert-OH is 1. The van der Waals surface area contributed by atoms with Gasteiger partial charge in [0, 0.05) is 13.5 Å². The van der Waals surface area contributed by atoms with Crippen molar-refractivity contribution in [2.75, 3.05) is 20.2 Å². The number of methoxy groups -OCH3 is 1. The lowest BCUT2D eigenvalue weighted by atomic mass is 9.97. The number of primary amides is 1. The number of amides is 5. The number of hydrogen-bond donors (Lipinski definition) is 6. The molecule has 45 heavy (non-hydrogen) atoms. The summed E-state index contributed by atoms with van der Waals surface area (Å²) in [5.74, 6) is -3.45. The maximum Gasteiger partial charge on any atom is 0.328 e. The number of nitrogens with one attached hydrogen (secondary N) is 4. The third kappa shape index (κ3) is 13.7. The first kappa shape index (κ1) is 39.8. The van der Waals surface area contributed by atoms with Crippen molar-refractivity contribution in [1.82, 2.24) is 26.2 Å². The minimum Gasteiger partial charge on any atom is -0.467 e. The Balaban J connectivity index is 3.09. The monoisotopic (exact) mass is 640 g/mol. The molecule has 0 aromatic heterocycles. The first-order valence-electron chi connectivity index (χ1n) is 16.0. The van der Waals surface area contributed by atoms with E-state index in [9.17, 15) is 33.9 Å². The Kier molecular flexibility index (Phi) is 17.1. The number of likely N-dealkylation sites (tertiary alicyclic amines) is 1. The fourth-order valence-corrected chi connectivity index (χ4v) is 5.49. The number of aliphatic hydroxyl groups is 1. The molecule has 0 bridgehead atoms. The molecule has 258 valence electrons. The van der Waals surface area contributed by atoms with Gasteiger partial charge >= 0.3 is 5.97 Å². The number of hydrogen-bond acceptors (Lipinski definition) is 9. The number of carbonyl (C=O) groups is 6. The quantitative estimate of drug-likeness (QED) is 0.105. The van der Waals surface area contributed by atoms with Crippen molar-refractivity contribution in [3.63, 3.8) is 0 Å². The van der Waals surface area contributed by atoms with Crippen molar-refractivity contribution in [2.24, 2.45) is 23.5 Å². The van der Waals surface area contributed by atoms with Crippen LogP contribution in [0.15, 0.2) is 0 Å². The summed E-state index contributed by atoms with van der Waals surface area (Å²) in [6.45, 7) is 13.3. The molecule has 14 heteroatoms. The standard InChI is InChI=1S/C31H56N6O8/c1-9-19(6)27(31(44)45-8)36-30(43)24-11-10-12-37(24)16-25(39)21(13-17(2)3)34-29(42)23(15-26(32)40)35-28(41)22(14-18(4)5)33-20(7)38/h17-19,21-25,27,39H,9-16H2,1-8H3,(H2,32,40)(H,33,38)(H,34,42)(H,35,41)(H,36,43)/t19-,21-,22-,23-,24-,25-,27-/m0/s1. The molecule has 1 heterocycles. The third-order valence-corrected chi connectivity index (χ3v) is 8.01. The molecule has 14 nitrogen and oxygen atoms in total. The molecule has 7 atom stereocenters. The second-order valence-corrected chi connectivity index (χ2v) is 13.0. The molecule has 1 saturated heterocycles. The zero-order valence-corrected chi connectivity index (χ0v) is 28.2. The lowest BCUT2D eigenvalue weighted by Crippen LogP contribution is -2.58. The van der Waals surface area contributed by atoms with Gasteiger partial charge < -0.3 is 36.8 Å². The Hall–Kier alpha value is -3.26. The van der Waals surface area contributed by atoms with Crippen molar-refractivity contribution in [1.29, 1.82) is 0 Å². The van der Waals surface area contributed by atoms with Crippen molar-refractivity contribution in [2.45, 2.75) is 123 Å². The van der Waals surface area contributed by atoms with Crippen molar-refractivity contribution in [3.8, 4) is 0 Å². The zero-order valence-electron chi connectivity index (χ0n) is 28.2. The van der Waals surface area contributed by atoms with Gasteiger partial charge in [0.25, 0.3) is 0 Å². The lowest BCUT2D eigenvalue weighted by molar-refractivity contribution is -0.147. The van der Waals surface area contributed by atoms with Crippen LogP contribution < -0.4 is 27.0 Å². The number of ether oxygens (including phenoxy) is 1. The van der Waals surface area contributed by atoms with Gasteiger partial charge in [-0.3, -0.25) is 28.9 Å².